The Kier molecular flexibility index (Phi) is 7.24. The zero-order valence-corrected chi connectivity index (χ0v) is 21.6. The van der Waals surface area contributed by atoms with Gasteiger partial charge in [0.1, 0.15) is 5.75 Å². The molecule has 194 valence electrons. The maximum atomic E-state index is 12.8. The minimum absolute atomic E-state index is 0.185. The fourth-order valence-electron chi connectivity index (χ4n) is 5.06. The normalized spacial score (nSPS) is 16.0. The molecule has 0 N–H and O–H groups in total. The number of aryl methyl sites for hydroxylation is 1. The highest BCUT2D eigenvalue weighted by Gasteiger charge is 2.41. The van der Waals surface area contributed by atoms with Gasteiger partial charge >= 0.3 is 0 Å². The van der Waals surface area contributed by atoms with E-state index in [0.717, 1.165) is 28.9 Å². The smallest absolute Gasteiger partial charge is 0.222 e. The van der Waals surface area contributed by atoms with Gasteiger partial charge in [0.25, 0.3) is 0 Å². The van der Waals surface area contributed by atoms with Gasteiger partial charge in [-0.15, -0.1) is 0 Å². The summed E-state index contributed by atoms with van der Waals surface area (Å²) in [5.74, 6) is 2.09. The van der Waals surface area contributed by atoms with Crippen molar-refractivity contribution in [3.8, 4) is 34.1 Å². The van der Waals surface area contributed by atoms with Gasteiger partial charge in [0.05, 0.1) is 27.9 Å². The lowest BCUT2D eigenvalue weighted by Crippen LogP contribution is -2.52. The second kappa shape index (κ2) is 10.7. The summed E-state index contributed by atoms with van der Waals surface area (Å²) in [6.45, 7) is 1.72. The molecule has 2 aliphatic rings. The van der Waals surface area contributed by atoms with Crippen molar-refractivity contribution in [1.29, 1.82) is 0 Å². The lowest BCUT2D eigenvalue weighted by atomic mass is 9.98. The second-order valence-electron chi connectivity index (χ2n) is 9.40. The van der Waals surface area contributed by atoms with E-state index in [0.29, 0.717) is 56.2 Å². The van der Waals surface area contributed by atoms with Crippen LogP contribution < -0.4 is 18.9 Å². The van der Waals surface area contributed by atoms with E-state index in [2.05, 4.69) is 18.2 Å². The summed E-state index contributed by atoms with van der Waals surface area (Å²) in [6, 6.07) is 20.1. The van der Waals surface area contributed by atoms with Gasteiger partial charge in [-0.1, -0.05) is 36.4 Å². The molecule has 3 aromatic rings. The first-order valence-corrected chi connectivity index (χ1v) is 12.6. The van der Waals surface area contributed by atoms with Crippen LogP contribution in [0, 0.1) is 0 Å². The Labute approximate surface area is 217 Å². The molecule has 3 aromatic carbocycles. The lowest BCUT2D eigenvalue weighted by Gasteiger charge is -2.44. The van der Waals surface area contributed by atoms with Gasteiger partial charge < -0.3 is 28.6 Å². The van der Waals surface area contributed by atoms with E-state index < -0.39 is 5.79 Å². The van der Waals surface area contributed by atoms with Crippen LogP contribution in [0.2, 0.25) is 0 Å². The first-order chi connectivity index (χ1) is 18.0. The summed E-state index contributed by atoms with van der Waals surface area (Å²) in [4.78, 5) is 14.7. The molecule has 7 heteroatoms. The van der Waals surface area contributed by atoms with Crippen molar-refractivity contribution in [3.63, 3.8) is 0 Å². The minimum atomic E-state index is -0.683. The Morgan fingerprint density at radius 1 is 0.892 bits per heavy atom. The Hall–Kier alpha value is -3.71. The molecule has 0 aliphatic carbocycles. The molecule has 0 aromatic heterocycles. The fraction of sp³-hybridized carbons (Fsp3) is 0.367. The zero-order valence-electron chi connectivity index (χ0n) is 21.6. The third-order valence-corrected chi connectivity index (χ3v) is 7.19. The summed E-state index contributed by atoms with van der Waals surface area (Å²) in [5.41, 5.74) is 4.11. The number of hydrogen-bond acceptors (Lipinski definition) is 6. The Morgan fingerprint density at radius 3 is 2.24 bits per heavy atom. The molecule has 7 nitrogen and oxygen atoms in total. The van der Waals surface area contributed by atoms with Gasteiger partial charge in [0.2, 0.25) is 17.4 Å². The van der Waals surface area contributed by atoms with Gasteiger partial charge in [0, 0.05) is 37.9 Å². The number of ether oxygens (including phenoxy) is 5. The molecule has 0 radical (unpaired) electrons. The predicted octanol–water partition coefficient (Wildman–Crippen LogP) is 5.24. The molecule has 1 fully saturated rings. The summed E-state index contributed by atoms with van der Waals surface area (Å²) >= 11 is 0. The summed E-state index contributed by atoms with van der Waals surface area (Å²) in [7, 11) is 4.81. The number of piperidine rings is 1. The van der Waals surface area contributed by atoms with E-state index in [1.807, 2.05) is 47.4 Å². The van der Waals surface area contributed by atoms with Crippen molar-refractivity contribution in [3.05, 3.63) is 71.8 Å². The highest BCUT2D eigenvalue weighted by atomic mass is 16.7. The van der Waals surface area contributed by atoms with E-state index in [4.69, 9.17) is 23.7 Å². The predicted molar refractivity (Wildman–Crippen MR) is 140 cm³/mol. The van der Waals surface area contributed by atoms with Crippen LogP contribution in [0.3, 0.4) is 0 Å². The molecule has 1 saturated heterocycles. The fourth-order valence-corrected chi connectivity index (χ4v) is 5.06. The topological polar surface area (TPSA) is 66.5 Å². The molecular weight excluding hydrogens is 470 g/mol. The maximum absolute atomic E-state index is 12.8. The molecule has 0 bridgehead atoms. The number of methoxy groups -OCH3 is 3. The maximum Gasteiger partial charge on any atom is 0.222 e. The van der Waals surface area contributed by atoms with Crippen LogP contribution in [-0.2, 0) is 22.6 Å². The quantitative estimate of drug-likeness (QED) is 0.439. The van der Waals surface area contributed by atoms with Crippen molar-refractivity contribution in [2.75, 3.05) is 34.4 Å². The average molecular weight is 504 g/mol. The molecule has 2 heterocycles. The minimum Gasteiger partial charge on any atom is -0.493 e. The zero-order chi connectivity index (χ0) is 25.8. The average Bonchev–Trinajstić information content (AvgIpc) is 2.95. The van der Waals surface area contributed by atoms with Crippen LogP contribution >= 0.6 is 0 Å². The van der Waals surface area contributed by atoms with E-state index in [1.54, 1.807) is 21.3 Å². The van der Waals surface area contributed by atoms with Crippen molar-refractivity contribution in [2.24, 2.45) is 0 Å². The van der Waals surface area contributed by atoms with E-state index in [1.165, 1.54) is 5.56 Å². The van der Waals surface area contributed by atoms with Crippen LogP contribution in [0.15, 0.2) is 60.7 Å². The van der Waals surface area contributed by atoms with Gasteiger partial charge in [-0.25, -0.2) is 0 Å². The molecule has 1 spiro atoms. The first kappa shape index (κ1) is 25.0. The number of carbonyl (C=O) groups excluding carboxylic acids is 1. The number of amides is 1. The molecule has 2 aliphatic heterocycles. The van der Waals surface area contributed by atoms with E-state index in [9.17, 15) is 4.79 Å². The Morgan fingerprint density at radius 2 is 1.59 bits per heavy atom. The molecule has 0 atom stereocenters. The number of rotatable bonds is 7. The van der Waals surface area contributed by atoms with Crippen LogP contribution in [0.25, 0.3) is 11.1 Å². The molecular formula is C30H33NO6. The number of hydrogen-bond donors (Lipinski definition) is 0. The number of likely N-dealkylation sites (tertiary alicyclic amines) is 1. The van der Waals surface area contributed by atoms with Gasteiger partial charge in [-0.2, -0.15) is 0 Å². The number of fused-ring (bicyclic) bond motifs is 1. The monoisotopic (exact) mass is 503 g/mol. The van der Waals surface area contributed by atoms with Crippen LogP contribution in [0.5, 0.6) is 23.0 Å². The molecule has 0 unspecified atom stereocenters. The highest BCUT2D eigenvalue weighted by molar-refractivity contribution is 5.76. The summed E-state index contributed by atoms with van der Waals surface area (Å²) in [6.07, 6.45) is 2.58. The van der Waals surface area contributed by atoms with Gasteiger partial charge in [-0.05, 0) is 47.4 Å². The Bertz CT molecular complexity index is 1230. The van der Waals surface area contributed by atoms with Gasteiger partial charge in [-0.3, -0.25) is 4.79 Å². The van der Waals surface area contributed by atoms with Crippen molar-refractivity contribution in [2.45, 2.75) is 38.1 Å². The van der Waals surface area contributed by atoms with Crippen LogP contribution in [0.1, 0.15) is 30.4 Å². The molecule has 0 saturated carbocycles. The third-order valence-electron chi connectivity index (χ3n) is 7.19. The molecule has 1 amide bonds. The van der Waals surface area contributed by atoms with Crippen molar-refractivity contribution < 1.29 is 28.5 Å². The largest absolute Gasteiger partial charge is 0.493 e. The summed E-state index contributed by atoms with van der Waals surface area (Å²) in [5, 5.41) is 0. The van der Waals surface area contributed by atoms with Crippen LogP contribution in [0.4, 0.5) is 0 Å². The van der Waals surface area contributed by atoms with Crippen molar-refractivity contribution >= 4 is 5.91 Å². The Balaban J connectivity index is 1.24. The first-order valence-electron chi connectivity index (χ1n) is 12.6. The van der Waals surface area contributed by atoms with Crippen molar-refractivity contribution in [1.82, 2.24) is 4.90 Å². The number of benzene rings is 3. The lowest BCUT2D eigenvalue weighted by molar-refractivity contribution is -0.227. The standard InChI is InChI=1S/C30H33NO6/c1-33-26-18-23(19-27(34-2)29(26)35-3)22-10-11-25-24(17-22)20-36-30(37-25)13-15-31(16-14-30)28(32)12-9-21-7-5-4-6-8-21/h4-8,10-11,17-19H,9,12-16,20H2,1-3H3. The highest BCUT2D eigenvalue weighted by Crippen LogP contribution is 2.43. The summed E-state index contributed by atoms with van der Waals surface area (Å²) < 4.78 is 29.1. The molecule has 5 rings (SSSR count). The SMILES string of the molecule is COc1cc(-c2ccc3c(c2)COC2(CCN(C(=O)CCc4ccccc4)CC2)O3)cc(OC)c1OC. The van der Waals surface area contributed by atoms with Crippen LogP contribution in [-0.4, -0.2) is 51.0 Å². The van der Waals surface area contributed by atoms with E-state index >= 15 is 0 Å². The number of nitrogens with zero attached hydrogens (tertiary/aromatic N) is 1. The second-order valence-corrected chi connectivity index (χ2v) is 9.40. The molecule has 37 heavy (non-hydrogen) atoms. The van der Waals surface area contributed by atoms with E-state index in [-0.39, 0.29) is 5.91 Å². The van der Waals surface area contributed by atoms with Gasteiger partial charge in [0.15, 0.2) is 11.5 Å². The number of carbonyl (C=O) groups is 1. The third kappa shape index (κ3) is 5.23.